The van der Waals surface area contributed by atoms with Gasteiger partial charge in [0.2, 0.25) is 5.91 Å². The molecular formula is C16H23NO2. The molecule has 1 aromatic rings. The number of nitrogens with zero attached hydrogens (tertiary/aromatic N) is 1. The molecule has 104 valence electrons. The molecule has 0 bridgehead atoms. The Bertz CT molecular complexity index is 402. The Kier molecular flexibility index (Phi) is 4.97. The SMILES string of the molecule is CC(C)C(=O)N1CCCC(OCc2ccccc2)C1. The summed E-state index contributed by atoms with van der Waals surface area (Å²) < 4.78 is 5.94. The topological polar surface area (TPSA) is 29.5 Å². The Hall–Kier alpha value is -1.35. The quantitative estimate of drug-likeness (QED) is 0.834. The Labute approximate surface area is 115 Å². The van der Waals surface area contributed by atoms with Crippen LogP contribution in [0.15, 0.2) is 30.3 Å². The zero-order valence-corrected chi connectivity index (χ0v) is 11.8. The number of hydrogen-bond donors (Lipinski definition) is 0. The van der Waals surface area contributed by atoms with E-state index in [0.29, 0.717) is 6.61 Å². The number of carbonyl (C=O) groups is 1. The number of carbonyl (C=O) groups excluding carboxylic acids is 1. The maximum atomic E-state index is 12.0. The van der Waals surface area contributed by atoms with Crippen LogP contribution in [0.3, 0.4) is 0 Å². The van der Waals surface area contributed by atoms with Crippen LogP contribution < -0.4 is 0 Å². The minimum atomic E-state index is 0.0767. The Balaban J connectivity index is 1.83. The molecule has 0 aromatic heterocycles. The number of benzene rings is 1. The highest BCUT2D eigenvalue weighted by Gasteiger charge is 2.25. The number of ether oxygens (including phenoxy) is 1. The third kappa shape index (κ3) is 4.06. The zero-order valence-electron chi connectivity index (χ0n) is 11.8. The van der Waals surface area contributed by atoms with E-state index in [-0.39, 0.29) is 17.9 Å². The van der Waals surface area contributed by atoms with E-state index in [1.165, 1.54) is 5.56 Å². The fourth-order valence-corrected chi connectivity index (χ4v) is 2.43. The Morgan fingerprint density at radius 2 is 2.11 bits per heavy atom. The van der Waals surface area contributed by atoms with Crippen molar-refractivity contribution in [3.63, 3.8) is 0 Å². The van der Waals surface area contributed by atoms with Crippen LogP contribution in [0.25, 0.3) is 0 Å². The van der Waals surface area contributed by atoms with Gasteiger partial charge in [0.05, 0.1) is 12.7 Å². The van der Waals surface area contributed by atoms with Gasteiger partial charge in [-0.25, -0.2) is 0 Å². The number of rotatable bonds is 4. The lowest BCUT2D eigenvalue weighted by Crippen LogP contribution is -2.44. The highest BCUT2D eigenvalue weighted by atomic mass is 16.5. The molecule has 19 heavy (non-hydrogen) atoms. The van der Waals surface area contributed by atoms with Crippen molar-refractivity contribution >= 4 is 5.91 Å². The molecule has 0 aliphatic carbocycles. The van der Waals surface area contributed by atoms with Gasteiger partial charge in [0.1, 0.15) is 0 Å². The van der Waals surface area contributed by atoms with Crippen LogP contribution in [0.5, 0.6) is 0 Å². The first kappa shape index (κ1) is 14.1. The standard InChI is InChI=1S/C16H23NO2/c1-13(2)16(18)17-10-6-9-15(11-17)19-12-14-7-4-3-5-8-14/h3-5,7-8,13,15H,6,9-12H2,1-2H3. The van der Waals surface area contributed by atoms with Crippen molar-refractivity contribution < 1.29 is 9.53 Å². The fourth-order valence-electron chi connectivity index (χ4n) is 2.43. The summed E-state index contributed by atoms with van der Waals surface area (Å²) >= 11 is 0. The molecule has 0 N–H and O–H groups in total. The summed E-state index contributed by atoms with van der Waals surface area (Å²) in [7, 11) is 0. The molecule has 1 amide bonds. The van der Waals surface area contributed by atoms with Crippen LogP contribution in [0, 0.1) is 5.92 Å². The highest BCUT2D eigenvalue weighted by molar-refractivity contribution is 5.78. The van der Waals surface area contributed by atoms with Gasteiger partial charge >= 0.3 is 0 Å². The predicted octanol–water partition coefficient (Wildman–Crippen LogP) is 2.85. The average Bonchev–Trinajstić information content (AvgIpc) is 2.45. The van der Waals surface area contributed by atoms with Crippen LogP contribution in [-0.2, 0) is 16.1 Å². The molecular weight excluding hydrogens is 238 g/mol. The van der Waals surface area contributed by atoms with Crippen molar-refractivity contribution in [1.82, 2.24) is 4.90 Å². The number of amides is 1. The lowest BCUT2D eigenvalue weighted by molar-refractivity contribution is -0.138. The van der Waals surface area contributed by atoms with Crippen LogP contribution >= 0.6 is 0 Å². The molecule has 1 saturated heterocycles. The zero-order chi connectivity index (χ0) is 13.7. The largest absolute Gasteiger partial charge is 0.372 e. The molecule has 3 nitrogen and oxygen atoms in total. The first-order valence-corrected chi connectivity index (χ1v) is 7.11. The van der Waals surface area contributed by atoms with Gasteiger partial charge in [-0.15, -0.1) is 0 Å². The summed E-state index contributed by atoms with van der Waals surface area (Å²) in [6.07, 6.45) is 2.27. The second-order valence-corrected chi connectivity index (χ2v) is 5.50. The minimum Gasteiger partial charge on any atom is -0.372 e. The summed E-state index contributed by atoms with van der Waals surface area (Å²) in [5, 5.41) is 0. The fraction of sp³-hybridized carbons (Fsp3) is 0.562. The van der Waals surface area contributed by atoms with Crippen molar-refractivity contribution in [3.05, 3.63) is 35.9 Å². The van der Waals surface area contributed by atoms with Crippen molar-refractivity contribution in [1.29, 1.82) is 0 Å². The lowest BCUT2D eigenvalue weighted by Gasteiger charge is -2.33. The predicted molar refractivity (Wildman–Crippen MR) is 75.7 cm³/mol. The Morgan fingerprint density at radius 1 is 1.37 bits per heavy atom. The van der Waals surface area contributed by atoms with Crippen molar-refractivity contribution in [2.45, 2.75) is 39.4 Å². The van der Waals surface area contributed by atoms with Gasteiger partial charge in [0.15, 0.2) is 0 Å². The molecule has 2 rings (SSSR count). The third-order valence-corrected chi connectivity index (χ3v) is 3.51. The summed E-state index contributed by atoms with van der Waals surface area (Å²) in [5.41, 5.74) is 1.19. The number of likely N-dealkylation sites (tertiary alicyclic amines) is 1. The summed E-state index contributed by atoms with van der Waals surface area (Å²) in [6, 6.07) is 10.2. The van der Waals surface area contributed by atoms with E-state index < -0.39 is 0 Å². The second-order valence-electron chi connectivity index (χ2n) is 5.50. The van der Waals surface area contributed by atoms with Gasteiger partial charge in [0, 0.05) is 19.0 Å². The monoisotopic (exact) mass is 261 g/mol. The molecule has 3 heteroatoms. The summed E-state index contributed by atoms with van der Waals surface area (Å²) in [6.45, 7) is 6.16. The van der Waals surface area contributed by atoms with E-state index in [0.717, 1.165) is 25.9 Å². The van der Waals surface area contributed by atoms with E-state index >= 15 is 0 Å². The molecule has 1 aromatic carbocycles. The van der Waals surface area contributed by atoms with Gasteiger partial charge in [-0.2, -0.15) is 0 Å². The highest BCUT2D eigenvalue weighted by Crippen LogP contribution is 2.17. The number of piperidine rings is 1. The Morgan fingerprint density at radius 3 is 2.79 bits per heavy atom. The average molecular weight is 261 g/mol. The molecule has 0 saturated carbocycles. The van der Waals surface area contributed by atoms with Crippen molar-refractivity contribution in [2.24, 2.45) is 5.92 Å². The van der Waals surface area contributed by atoms with Crippen LogP contribution in [0.1, 0.15) is 32.3 Å². The van der Waals surface area contributed by atoms with Gasteiger partial charge in [-0.05, 0) is 18.4 Å². The molecule has 0 spiro atoms. The van der Waals surface area contributed by atoms with Crippen molar-refractivity contribution in [3.8, 4) is 0 Å². The smallest absolute Gasteiger partial charge is 0.225 e. The van der Waals surface area contributed by atoms with E-state index in [1.807, 2.05) is 36.9 Å². The summed E-state index contributed by atoms with van der Waals surface area (Å²) in [4.78, 5) is 13.9. The van der Waals surface area contributed by atoms with Gasteiger partial charge in [0.25, 0.3) is 0 Å². The summed E-state index contributed by atoms with van der Waals surface area (Å²) in [5.74, 6) is 0.320. The van der Waals surface area contributed by atoms with Crippen LogP contribution in [0.2, 0.25) is 0 Å². The van der Waals surface area contributed by atoms with Crippen LogP contribution in [0.4, 0.5) is 0 Å². The first-order chi connectivity index (χ1) is 9.16. The molecule has 1 heterocycles. The third-order valence-electron chi connectivity index (χ3n) is 3.51. The number of hydrogen-bond acceptors (Lipinski definition) is 2. The second kappa shape index (κ2) is 6.71. The molecule has 1 atom stereocenters. The van der Waals surface area contributed by atoms with Gasteiger partial charge < -0.3 is 9.64 Å². The molecule has 1 aliphatic rings. The van der Waals surface area contributed by atoms with E-state index in [1.54, 1.807) is 0 Å². The molecule has 1 fully saturated rings. The molecule has 1 aliphatic heterocycles. The normalized spacial score (nSPS) is 19.7. The lowest BCUT2D eigenvalue weighted by atomic mass is 10.1. The maximum absolute atomic E-state index is 12.0. The maximum Gasteiger partial charge on any atom is 0.225 e. The van der Waals surface area contributed by atoms with Gasteiger partial charge in [-0.3, -0.25) is 4.79 Å². The molecule has 0 radical (unpaired) electrons. The molecule has 1 unspecified atom stereocenters. The van der Waals surface area contributed by atoms with E-state index in [4.69, 9.17) is 4.74 Å². The van der Waals surface area contributed by atoms with E-state index in [2.05, 4.69) is 12.1 Å². The minimum absolute atomic E-state index is 0.0767. The van der Waals surface area contributed by atoms with Crippen LogP contribution in [-0.4, -0.2) is 30.0 Å². The first-order valence-electron chi connectivity index (χ1n) is 7.11. The van der Waals surface area contributed by atoms with Gasteiger partial charge in [-0.1, -0.05) is 44.2 Å². The van der Waals surface area contributed by atoms with E-state index in [9.17, 15) is 4.79 Å². The van der Waals surface area contributed by atoms with Crippen molar-refractivity contribution in [2.75, 3.05) is 13.1 Å².